The van der Waals surface area contributed by atoms with Crippen LogP contribution in [0.4, 0.5) is 5.69 Å². The summed E-state index contributed by atoms with van der Waals surface area (Å²) < 4.78 is 0. The molecule has 2 aliphatic rings. The number of carbonyl (C=O) groups excluding carboxylic acids is 5. The number of anilines is 1. The minimum Gasteiger partial charge on any atom is -0.343 e. The third-order valence-electron chi connectivity index (χ3n) is 8.99. The molecule has 3 N–H and O–H groups in total. The molecular formula is C34H51N5O6. The van der Waals surface area contributed by atoms with Gasteiger partial charge in [0.15, 0.2) is 0 Å². The van der Waals surface area contributed by atoms with Crippen LogP contribution in [0.3, 0.4) is 0 Å². The molecule has 11 heteroatoms. The van der Waals surface area contributed by atoms with Crippen LogP contribution in [0.2, 0.25) is 0 Å². The number of nitrogens with zero attached hydrogens (tertiary/aromatic N) is 2. The minimum atomic E-state index is -1.04. The first kappa shape index (κ1) is 35.7. The average molecular weight is 626 g/mol. The number of benzene rings is 1. The number of fused-ring (bicyclic) bond motifs is 1. The van der Waals surface area contributed by atoms with Crippen molar-refractivity contribution in [2.45, 2.75) is 116 Å². The van der Waals surface area contributed by atoms with Crippen LogP contribution in [-0.4, -0.2) is 72.1 Å². The summed E-state index contributed by atoms with van der Waals surface area (Å²) in [5.41, 5.74) is 1.37. The van der Waals surface area contributed by atoms with E-state index in [0.717, 1.165) is 24.8 Å². The molecule has 4 amide bonds. The molecule has 45 heavy (non-hydrogen) atoms. The van der Waals surface area contributed by atoms with Gasteiger partial charge in [-0.05, 0) is 49.7 Å². The topological polar surface area (TPSA) is 137 Å². The molecule has 3 unspecified atom stereocenters. The molecule has 2 heterocycles. The summed E-state index contributed by atoms with van der Waals surface area (Å²) in [7, 11) is 1.50. The first-order chi connectivity index (χ1) is 21.6. The van der Waals surface area contributed by atoms with Gasteiger partial charge in [0.05, 0.1) is 12.8 Å². The Balaban J connectivity index is 1.98. The highest BCUT2D eigenvalue weighted by atomic mass is 16.7. The van der Waals surface area contributed by atoms with Crippen molar-refractivity contribution in [2.75, 3.05) is 18.7 Å². The van der Waals surface area contributed by atoms with Gasteiger partial charge in [-0.15, -0.1) is 0 Å². The second-order valence-corrected chi connectivity index (χ2v) is 12.1. The number of rotatable bonds is 14. The van der Waals surface area contributed by atoms with Crippen molar-refractivity contribution >= 4 is 35.1 Å². The van der Waals surface area contributed by atoms with Crippen LogP contribution in [0.1, 0.15) is 90.5 Å². The first-order valence-corrected chi connectivity index (χ1v) is 16.4. The molecule has 2 fully saturated rings. The highest BCUT2D eigenvalue weighted by Gasteiger charge is 2.40. The largest absolute Gasteiger partial charge is 0.343 e. The number of hydrogen-bond acceptors (Lipinski definition) is 7. The predicted molar refractivity (Wildman–Crippen MR) is 173 cm³/mol. The minimum absolute atomic E-state index is 0.106. The van der Waals surface area contributed by atoms with Crippen LogP contribution >= 0.6 is 0 Å². The number of para-hydroxylation sites is 1. The van der Waals surface area contributed by atoms with E-state index >= 15 is 0 Å². The van der Waals surface area contributed by atoms with Crippen LogP contribution in [-0.2, 0) is 35.2 Å². The molecule has 0 aliphatic carbocycles. The summed E-state index contributed by atoms with van der Waals surface area (Å²) in [4.78, 5) is 74.4. The van der Waals surface area contributed by atoms with Crippen molar-refractivity contribution in [1.29, 1.82) is 0 Å². The third kappa shape index (κ3) is 9.63. The van der Waals surface area contributed by atoms with Crippen molar-refractivity contribution in [1.82, 2.24) is 20.9 Å². The average Bonchev–Trinajstić information content (AvgIpc) is 3.05. The van der Waals surface area contributed by atoms with E-state index in [4.69, 9.17) is 4.84 Å². The van der Waals surface area contributed by atoms with Gasteiger partial charge in [-0.2, -0.15) is 0 Å². The fourth-order valence-electron chi connectivity index (χ4n) is 6.03. The SMILES string of the molecule is C=CN(OC)c1ccccc1CC1NC(=O)C(C(C)CC)NC(=O)[C@@H]2CCCCN2C(=O)[C@H](CCCCCC(=O)CC)NC1=O. The molecule has 0 spiro atoms. The van der Waals surface area contributed by atoms with Crippen molar-refractivity contribution in [3.05, 3.63) is 42.6 Å². The van der Waals surface area contributed by atoms with Crippen molar-refractivity contribution in [3.63, 3.8) is 0 Å². The number of ketones is 1. The van der Waals surface area contributed by atoms with Crippen LogP contribution in [0.5, 0.6) is 0 Å². The number of Topliss-reactive ketones (excluding diaryl/α,β-unsaturated/α-hetero) is 1. The van der Waals surface area contributed by atoms with Crippen molar-refractivity contribution < 1.29 is 28.8 Å². The second-order valence-electron chi connectivity index (χ2n) is 12.1. The molecule has 1 aromatic carbocycles. The second kappa shape index (κ2) is 17.7. The van der Waals surface area contributed by atoms with Gasteiger partial charge < -0.3 is 20.9 Å². The van der Waals surface area contributed by atoms with E-state index in [2.05, 4.69) is 22.5 Å². The fourth-order valence-corrected chi connectivity index (χ4v) is 6.03. The molecule has 0 saturated carbocycles. The molecule has 2 saturated heterocycles. The summed E-state index contributed by atoms with van der Waals surface area (Å²) in [6.07, 6.45) is 7.67. The smallest absolute Gasteiger partial charge is 0.245 e. The molecule has 5 atom stereocenters. The normalized spacial score (nSPS) is 23.4. The number of hydrogen-bond donors (Lipinski definition) is 3. The van der Waals surface area contributed by atoms with E-state index < -0.39 is 36.0 Å². The van der Waals surface area contributed by atoms with Gasteiger partial charge in [-0.1, -0.05) is 64.8 Å². The summed E-state index contributed by atoms with van der Waals surface area (Å²) in [5.74, 6) is -1.59. The lowest BCUT2D eigenvalue weighted by Gasteiger charge is -2.39. The zero-order chi connectivity index (χ0) is 32.9. The number of amides is 4. The monoisotopic (exact) mass is 625 g/mol. The number of carbonyl (C=O) groups is 5. The van der Waals surface area contributed by atoms with Gasteiger partial charge in [-0.3, -0.25) is 28.8 Å². The maximum Gasteiger partial charge on any atom is 0.245 e. The standard InChI is InChI=1S/C34H51N5O6/c1-6-23(4)30-33(43)36-27(22-24-16-12-13-19-28(24)39(8-3)45-5)31(41)35-26(18-11-9-10-17-25(40)7-2)34(44)38-21-15-14-20-29(38)32(42)37-30/h8,12-13,16,19,23,26-27,29-30H,3,6-7,9-11,14-15,17-18,20-22H2,1-2,4-5H3,(H,35,41)(H,36,43)(H,37,42)/t23?,26-,27?,29-,30?/m0/s1. The predicted octanol–water partition coefficient (Wildman–Crippen LogP) is 3.57. The van der Waals surface area contributed by atoms with E-state index in [1.165, 1.54) is 18.4 Å². The fraction of sp³-hybridized carbons (Fsp3) is 0.618. The molecule has 0 aromatic heterocycles. The molecule has 0 radical (unpaired) electrons. The van der Waals surface area contributed by atoms with Crippen LogP contribution in [0.25, 0.3) is 0 Å². The van der Waals surface area contributed by atoms with Gasteiger partial charge in [0.1, 0.15) is 30.0 Å². The molecule has 248 valence electrons. The van der Waals surface area contributed by atoms with Gasteiger partial charge in [0, 0.05) is 32.0 Å². The molecule has 3 rings (SSSR count). The summed E-state index contributed by atoms with van der Waals surface area (Å²) in [5, 5.41) is 10.3. The van der Waals surface area contributed by atoms with Crippen LogP contribution in [0.15, 0.2) is 37.0 Å². The number of hydroxylamine groups is 1. The van der Waals surface area contributed by atoms with Gasteiger partial charge in [-0.25, -0.2) is 5.06 Å². The van der Waals surface area contributed by atoms with E-state index in [1.807, 2.05) is 45.0 Å². The van der Waals surface area contributed by atoms with Gasteiger partial charge in [0.25, 0.3) is 0 Å². The molecule has 0 bridgehead atoms. The lowest BCUT2D eigenvalue weighted by molar-refractivity contribution is -0.147. The zero-order valence-corrected chi connectivity index (χ0v) is 27.3. The molecular weight excluding hydrogens is 574 g/mol. The van der Waals surface area contributed by atoms with Crippen LogP contribution < -0.4 is 21.0 Å². The molecule has 1 aromatic rings. The first-order valence-electron chi connectivity index (χ1n) is 16.4. The zero-order valence-electron chi connectivity index (χ0n) is 27.3. The van der Waals surface area contributed by atoms with Crippen molar-refractivity contribution in [2.24, 2.45) is 5.92 Å². The summed E-state index contributed by atoms with van der Waals surface area (Å²) >= 11 is 0. The Kier molecular flexibility index (Phi) is 14.0. The van der Waals surface area contributed by atoms with E-state index in [9.17, 15) is 24.0 Å². The van der Waals surface area contributed by atoms with Crippen molar-refractivity contribution in [3.8, 4) is 0 Å². The summed E-state index contributed by atoms with van der Waals surface area (Å²) in [6, 6.07) is 3.82. The Labute approximate surface area is 267 Å². The third-order valence-corrected chi connectivity index (χ3v) is 8.99. The lowest BCUT2D eigenvalue weighted by Crippen LogP contribution is -2.64. The number of piperidine rings is 1. The Bertz CT molecular complexity index is 1210. The van der Waals surface area contributed by atoms with E-state index in [-0.39, 0.29) is 29.9 Å². The van der Waals surface area contributed by atoms with E-state index in [1.54, 1.807) is 4.90 Å². The quantitative estimate of drug-likeness (QED) is 0.212. The molecule has 11 nitrogen and oxygen atoms in total. The maximum absolute atomic E-state index is 14.1. The highest BCUT2D eigenvalue weighted by Crippen LogP contribution is 2.24. The molecule has 2 aliphatic heterocycles. The Morgan fingerprint density at radius 3 is 2.44 bits per heavy atom. The van der Waals surface area contributed by atoms with Crippen LogP contribution in [0, 0.1) is 5.92 Å². The number of nitrogens with one attached hydrogen (secondary N) is 3. The Hall–Kier alpha value is -3.73. The summed E-state index contributed by atoms with van der Waals surface area (Å²) in [6.45, 7) is 9.87. The maximum atomic E-state index is 14.1. The van der Waals surface area contributed by atoms with E-state index in [0.29, 0.717) is 57.2 Å². The van der Waals surface area contributed by atoms with Gasteiger partial charge >= 0.3 is 0 Å². The Morgan fingerprint density at radius 1 is 1.02 bits per heavy atom. The number of unbranched alkanes of at least 4 members (excludes halogenated alkanes) is 2. The lowest BCUT2D eigenvalue weighted by atomic mass is 9.94. The Morgan fingerprint density at radius 2 is 1.76 bits per heavy atom. The van der Waals surface area contributed by atoms with Gasteiger partial charge in [0.2, 0.25) is 23.6 Å². The highest BCUT2D eigenvalue weighted by molar-refractivity contribution is 5.98.